The van der Waals surface area contributed by atoms with Crippen molar-refractivity contribution in [3.05, 3.63) is 35.7 Å². The second-order valence-electron chi connectivity index (χ2n) is 8.00. The average molecular weight is 397 g/mol. The van der Waals surface area contributed by atoms with Crippen LogP contribution in [-0.4, -0.2) is 38.1 Å². The van der Waals surface area contributed by atoms with Crippen molar-refractivity contribution in [2.45, 2.75) is 63.1 Å². The summed E-state index contributed by atoms with van der Waals surface area (Å²) in [5.74, 6) is 0.607. The zero-order valence-electron chi connectivity index (χ0n) is 15.8. The highest BCUT2D eigenvalue weighted by atomic mass is 35.5. The van der Waals surface area contributed by atoms with Crippen LogP contribution in [0.3, 0.4) is 0 Å². The number of halogens is 1. The zero-order valence-corrected chi connectivity index (χ0v) is 16.5. The number of H-pyrrole nitrogens is 1. The van der Waals surface area contributed by atoms with E-state index in [4.69, 9.17) is 16.6 Å². The minimum Gasteiger partial charge on any atom is -0.351 e. The SMILES string of the molecule is Clc1cc(-c2c[nH]c3ncccc23)nc(NC2CCCC(NC3CCC3)C2)n1. The number of hydrogen-bond donors (Lipinski definition) is 3. The van der Waals surface area contributed by atoms with E-state index >= 15 is 0 Å². The van der Waals surface area contributed by atoms with Crippen molar-refractivity contribution in [3.63, 3.8) is 0 Å². The molecule has 0 radical (unpaired) electrons. The maximum atomic E-state index is 6.33. The van der Waals surface area contributed by atoms with Gasteiger partial charge < -0.3 is 15.6 Å². The van der Waals surface area contributed by atoms with Crippen LogP contribution in [-0.2, 0) is 0 Å². The first-order valence-corrected chi connectivity index (χ1v) is 10.6. The van der Waals surface area contributed by atoms with Gasteiger partial charge in [-0.3, -0.25) is 0 Å². The van der Waals surface area contributed by atoms with E-state index in [1.807, 2.05) is 24.4 Å². The second-order valence-corrected chi connectivity index (χ2v) is 8.39. The molecule has 0 bridgehead atoms. The first kappa shape index (κ1) is 17.9. The Labute approximate surface area is 169 Å². The van der Waals surface area contributed by atoms with Crippen molar-refractivity contribution in [2.75, 3.05) is 5.32 Å². The molecule has 6 nitrogen and oxygen atoms in total. The Morgan fingerprint density at radius 3 is 2.71 bits per heavy atom. The van der Waals surface area contributed by atoms with Crippen molar-refractivity contribution in [1.82, 2.24) is 25.3 Å². The molecule has 0 amide bonds. The third kappa shape index (κ3) is 3.71. The van der Waals surface area contributed by atoms with Crippen molar-refractivity contribution < 1.29 is 0 Å². The Morgan fingerprint density at radius 1 is 1.04 bits per heavy atom. The molecular formula is C21H25ClN6. The molecule has 2 unspecified atom stereocenters. The van der Waals surface area contributed by atoms with Crippen LogP contribution in [0.2, 0.25) is 5.15 Å². The van der Waals surface area contributed by atoms with Gasteiger partial charge in [0, 0.05) is 47.5 Å². The summed E-state index contributed by atoms with van der Waals surface area (Å²) in [5.41, 5.74) is 2.64. The van der Waals surface area contributed by atoms with Gasteiger partial charge in [-0.05, 0) is 50.7 Å². The molecule has 5 rings (SSSR count). The van der Waals surface area contributed by atoms with Gasteiger partial charge in [-0.1, -0.05) is 18.0 Å². The van der Waals surface area contributed by atoms with E-state index in [-0.39, 0.29) is 0 Å². The number of aromatic amines is 1. The number of nitrogens with zero attached hydrogens (tertiary/aromatic N) is 3. The highest BCUT2D eigenvalue weighted by molar-refractivity contribution is 6.29. The number of rotatable bonds is 5. The summed E-state index contributed by atoms with van der Waals surface area (Å²) < 4.78 is 0. The number of fused-ring (bicyclic) bond motifs is 1. The van der Waals surface area contributed by atoms with Gasteiger partial charge in [0.05, 0.1) is 5.69 Å². The van der Waals surface area contributed by atoms with Crippen LogP contribution >= 0.6 is 11.6 Å². The molecule has 3 aromatic rings. The first-order valence-electron chi connectivity index (χ1n) is 10.2. The summed E-state index contributed by atoms with van der Waals surface area (Å²) >= 11 is 6.33. The van der Waals surface area contributed by atoms with Crippen molar-refractivity contribution in [3.8, 4) is 11.3 Å². The van der Waals surface area contributed by atoms with Gasteiger partial charge in [0.15, 0.2) is 0 Å². The van der Waals surface area contributed by atoms with E-state index in [0.717, 1.165) is 41.2 Å². The fraction of sp³-hybridized carbons (Fsp3) is 0.476. The van der Waals surface area contributed by atoms with Crippen molar-refractivity contribution in [2.24, 2.45) is 0 Å². The molecule has 0 aliphatic heterocycles. The minimum atomic E-state index is 0.377. The summed E-state index contributed by atoms with van der Waals surface area (Å²) in [6, 6.07) is 7.48. The molecule has 0 spiro atoms. The van der Waals surface area contributed by atoms with Gasteiger partial charge in [0.2, 0.25) is 5.95 Å². The predicted molar refractivity (Wildman–Crippen MR) is 113 cm³/mol. The Hall–Kier alpha value is -2.18. The van der Waals surface area contributed by atoms with E-state index in [1.165, 1.54) is 32.1 Å². The monoisotopic (exact) mass is 396 g/mol. The maximum absolute atomic E-state index is 6.33. The maximum Gasteiger partial charge on any atom is 0.224 e. The van der Waals surface area contributed by atoms with Gasteiger partial charge in [-0.25, -0.2) is 15.0 Å². The van der Waals surface area contributed by atoms with E-state index in [9.17, 15) is 0 Å². The van der Waals surface area contributed by atoms with Crippen LogP contribution < -0.4 is 10.6 Å². The van der Waals surface area contributed by atoms with Crippen LogP contribution in [0.25, 0.3) is 22.3 Å². The summed E-state index contributed by atoms with van der Waals surface area (Å²) in [5, 5.41) is 8.84. The summed E-state index contributed by atoms with van der Waals surface area (Å²) in [4.78, 5) is 16.7. The summed E-state index contributed by atoms with van der Waals surface area (Å²) in [6.45, 7) is 0. The molecule has 146 valence electrons. The topological polar surface area (TPSA) is 78.5 Å². The molecule has 2 aliphatic rings. The van der Waals surface area contributed by atoms with Gasteiger partial charge in [0.25, 0.3) is 0 Å². The number of hydrogen-bond acceptors (Lipinski definition) is 5. The molecule has 2 aliphatic carbocycles. The number of pyridine rings is 1. The molecule has 3 heterocycles. The summed E-state index contributed by atoms with van der Waals surface area (Å²) in [6.07, 6.45) is 12.5. The van der Waals surface area contributed by atoms with Gasteiger partial charge in [-0.2, -0.15) is 0 Å². The number of anilines is 1. The predicted octanol–water partition coefficient (Wildman–Crippen LogP) is 4.54. The Bertz CT molecular complexity index is 966. The standard InChI is InChI=1S/C21H25ClN6/c22-19-11-18(17-12-24-20-16(17)8-3-9-23-20)27-21(28-19)26-15-7-2-6-14(10-15)25-13-4-1-5-13/h3,8-9,11-15,25H,1-2,4-7,10H2,(H,23,24)(H,26,27,28). The third-order valence-corrected chi connectivity index (χ3v) is 6.20. The largest absolute Gasteiger partial charge is 0.351 e. The Morgan fingerprint density at radius 2 is 1.86 bits per heavy atom. The molecule has 7 heteroatoms. The van der Waals surface area contributed by atoms with E-state index in [2.05, 4.69) is 25.6 Å². The second kappa shape index (κ2) is 7.68. The smallest absolute Gasteiger partial charge is 0.224 e. The number of nitrogens with one attached hydrogen (secondary N) is 3. The fourth-order valence-corrected chi connectivity index (χ4v) is 4.53. The fourth-order valence-electron chi connectivity index (χ4n) is 4.35. The highest BCUT2D eigenvalue weighted by Crippen LogP contribution is 2.29. The average Bonchev–Trinajstić information content (AvgIpc) is 3.09. The van der Waals surface area contributed by atoms with Crippen LogP contribution in [0, 0.1) is 0 Å². The minimum absolute atomic E-state index is 0.377. The van der Waals surface area contributed by atoms with Crippen LogP contribution in [0.5, 0.6) is 0 Å². The number of aromatic nitrogens is 4. The van der Waals surface area contributed by atoms with E-state index < -0.39 is 0 Å². The van der Waals surface area contributed by atoms with Crippen LogP contribution in [0.1, 0.15) is 44.9 Å². The summed E-state index contributed by atoms with van der Waals surface area (Å²) in [7, 11) is 0. The quantitative estimate of drug-likeness (QED) is 0.552. The Balaban J connectivity index is 1.34. The molecule has 0 saturated heterocycles. The van der Waals surface area contributed by atoms with Crippen LogP contribution in [0.4, 0.5) is 5.95 Å². The Kier molecular flexibility index (Phi) is 4.91. The third-order valence-electron chi connectivity index (χ3n) is 6.01. The molecular weight excluding hydrogens is 372 g/mol. The van der Waals surface area contributed by atoms with E-state index in [1.54, 1.807) is 6.20 Å². The lowest BCUT2D eigenvalue weighted by molar-refractivity contribution is 0.259. The molecule has 3 aromatic heterocycles. The van der Waals surface area contributed by atoms with Gasteiger partial charge >= 0.3 is 0 Å². The first-order chi connectivity index (χ1) is 13.7. The molecule has 28 heavy (non-hydrogen) atoms. The normalized spacial score (nSPS) is 22.9. The van der Waals surface area contributed by atoms with Crippen LogP contribution in [0.15, 0.2) is 30.6 Å². The lowest BCUT2D eigenvalue weighted by Crippen LogP contribution is -2.46. The molecule has 2 saturated carbocycles. The highest BCUT2D eigenvalue weighted by Gasteiger charge is 2.27. The van der Waals surface area contributed by atoms with E-state index in [0.29, 0.717) is 23.2 Å². The van der Waals surface area contributed by atoms with Gasteiger partial charge in [-0.15, -0.1) is 0 Å². The molecule has 0 aromatic carbocycles. The molecule has 3 N–H and O–H groups in total. The van der Waals surface area contributed by atoms with Crippen molar-refractivity contribution >= 4 is 28.6 Å². The lowest BCUT2D eigenvalue weighted by Gasteiger charge is -2.36. The molecule has 2 atom stereocenters. The van der Waals surface area contributed by atoms with Gasteiger partial charge in [0.1, 0.15) is 10.8 Å². The van der Waals surface area contributed by atoms with Crippen molar-refractivity contribution in [1.29, 1.82) is 0 Å². The zero-order chi connectivity index (χ0) is 18.9. The molecule has 2 fully saturated rings. The lowest BCUT2D eigenvalue weighted by atomic mass is 9.87.